The summed E-state index contributed by atoms with van der Waals surface area (Å²) in [6.45, 7) is 5.86. The minimum atomic E-state index is -0.133. The van der Waals surface area contributed by atoms with Crippen molar-refractivity contribution >= 4 is 17.4 Å². The smallest absolute Gasteiger partial charge is 0.257 e. The van der Waals surface area contributed by atoms with Crippen LogP contribution in [0.15, 0.2) is 60.8 Å². The van der Waals surface area contributed by atoms with E-state index in [4.69, 9.17) is 0 Å². The number of carbonyl (C=O) groups is 1. The molecule has 0 fully saturated rings. The molecule has 1 aliphatic heterocycles. The van der Waals surface area contributed by atoms with E-state index >= 15 is 0 Å². The molecule has 2 heterocycles. The van der Waals surface area contributed by atoms with Crippen LogP contribution in [0.2, 0.25) is 0 Å². The first kappa shape index (κ1) is 17.3. The normalized spacial score (nSPS) is 13.2. The number of anilines is 2. The maximum absolute atomic E-state index is 12.6. The number of amides is 1. The van der Waals surface area contributed by atoms with Crippen LogP contribution >= 0.6 is 0 Å². The van der Waals surface area contributed by atoms with Gasteiger partial charge in [-0.15, -0.1) is 0 Å². The van der Waals surface area contributed by atoms with Gasteiger partial charge in [-0.05, 0) is 60.7 Å². The summed E-state index contributed by atoms with van der Waals surface area (Å²) < 4.78 is 0. The van der Waals surface area contributed by atoms with Gasteiger partial charge in [-0.1, -0.05) is 36.4 Å². The number of aromatic nitrogens is 1. The molecular formula is C23H23N3O. The summed E-state index contributed by atoms with van der Waals surface area (Å²) in [7, 11) is 0. The molecule has 1 aromatic heterocycles. The van der Waals surface area contributed by atoms with Gasteiger partial charge in [0.2, 0.25) is 0 Å². The van der Waals surface area contributed by atoms with Gasteiger partial charge in [0.05, 0.1) is 5.56 Å². The van der Waals surface area contributed by atoms with E-state index < -0.39 is 0 Å². The van der Waals surface area contributed by atoms with Gasteiger partial charge in [0.15, 0.2) is 0 Å². The minimum Gasteiger partial charge on any atom is -0.352 e. The number of hydrogen-bond acceptors (Lipinski definition) is 3. The summed E-state index contributed by atoms with van der Waals surface area (Å²) in [6, 6.07) is 18.2. The summed E-state index contributed by atoms with van der Waals surface area (Å²) in [5.41, 5.74) is 6.42. The molecule has 1 aliphatic rings. The number of nitrogens with zero attached hydrogens (tertiary/aromatic N) is 2. The highest BCUT2D eigenvalue weighted by Crippen LogP contribution is 2.23. The summed E-state index contributed by atoms with van der Waals surface area (Å²) in [5, 5.41) is 2.99. The number of nitrogens with one attached hydrogen (secondary N) is 1. The van der Waals surface area contributed by atoms with E-state index in [2.05, 4.69) is 39.5 Å². The lowest BCUT2D eigenvalue weighted by molar-refractivity contribution is 0.102. The first-order chi connectivity index (χ1) is 13.1. The molecule has 136 valence electrons. The zero-order valence-electron chi connectivity index (χ0n) is 15.7. The molecule has 4 nitrogen and oxygen atoms in total. The van der Waals surface area contributed by atoms with E-state index in [-0.39, 0.29) is 5.91 Å². The second-order valence-electron chi connectivity index (χ2n) is 7.05. The van der Waals surface area contributed by atoms with Gasteiger partial charge in [0.25, 0.3) is 5.91 Å². The standard InChI is InChI=1S/C23H23N3O/c1-16-6-5-9-21(17(16)2)25-23(27)19-10-11-22(24-14-19)26-13-12-18-7-3-4-8-20(18)15-26/h3-11,14H,12-13,15H2,1-2H3,(H,25,27). The van der Waals surface area contributed by atoms with Gasteiger partial charge in [0, 0.05) is 25.0 Å². The Hall–Kier alpha value is -3.14. The Labute approximate surface area is 159 Å². The molecule has 1 N–H and O–H groups in total. The van der Waals surface area contributed by atoms with Gasteiger partial charge in [-0.3, -0.25) is 4.79 Å². The molecule has 0 aliphatic carbocycles. The maximum Gasteiger partial charge on any atom is 0.257 e. The van der Waals surface area contributed by atoms with Crippen molar-refractivity contribution in [2.75, 3.05) is 16.8 Å². The van der Waals surface area contributed by atoms with E-state index in [1.54, 1.807) is 6.20 Å². The van der Waals surface area contributed by atoms with Crippen LogP contribution < -0.4 is 10.2 Å². The van der Waals surface area contributed by atoms with Gasteiger partial charge in [-0.25, -0.2) is 4.98 Å². The monoisotopic (exact) mass is 357 g/mol. The van der Waals surface area contributed by atoms with Gasteiger partial charge >= 0.3 is 0 Å². The van der Waals surface area contributed by atoms with Gasteiger partial charge < -0.3 is 10.2 Å². The Kier molecular flexibility index (Phi) is 4.63. The maximum atomic E-state index is 12.6. The number of hydrogen-bond donors (Lipinski definition) is 1. The van der Waals surface area contributed by atoms with E-state index in [0.29, 0.717) is 5.56 Å². The summed E-state index contributed by atoms with van der Waals surface area (Å²) >= 11 is 0. The topological polar surface area (TPSA) is 45.2 Å². The molecule has 0 atom stereocenters. The van der Waals surface area contributed by atoms with Gasteiger partial charge in [0.1, 0.15) is 5.82 Å². The van der Waals surface area contributed by atoms with Crippen LogP contribution in [0, 0.1) is 13.8 Å². The number of carbonyl (C=O) groups excluding carboxylic acids is 1. The zero-order valence-corrected chi connectivity index (χ0v) is 15.7. The summed E-state index contributed by atoms with van der Waals surface area (Å²) in [6.07, 6.45) is 2.68. The average molecular weight is 357 g/mol. The van der Waals surface area contributed by atoms with Crippen LogP contribution in [-0.2, 0) is 13.0 Å². The Morgan fingerprint density at radius 1 is 1.00 bits per heavy atom. The Morgan fingerprint density at radius 3 is 2.59 bits per heavy atom. The highest BCUT2D eigenvalue weighted by Gasteiger charge is 2.17. The molecule has 4 rings (SSSR count). The van der Waals surface area contributed by atoms with Crippen LogP contribution in [0.4, 0.5) is 11.5 Å². The second kappa shape index (κ2) is 7.23. The van der Waals surface area contributed by atoms with Crippen LogP contribution in [0.1, 0.15) is 32.6 Å². The fourth-order valence-corrected chi connectivity index (χ4v) is 3.48. The van der Waals surface area contributed by atoms with Crippen molar-refractivity contribution in [2.45, 2.75) is 26.8 Å². The Morgan fingerprint density at radius 2 is 1.81 bits per heavy atom. The van der Waals surface area contributed by atoms with E-state index in [9.17, 15) is 4.79 Å². The van der Waals surface area contributed by atoms with E-state index in [1.807, 2.05) is 44.2 Å². The molecule has 0 bridgehead atoms. The predicted octanol–water partition coefficient (Wildman–Crippen LogP) is 4.51. The summed E-state index contributed by atoms with van der Waals surface area (Å²) in [4.78, 5) is 19.4. The largest absolute Gasteiger partial charge is 0.352 e. The van der Waals surface area contributed by atoms with Crippen molar-refractivity contribution in [3.63, 3.8) is 0 Å². The quantitative estimate of drug-likeness (QED) is 0.750. The molecule has 1 amide bonds. The lowest BCUT2D eigenvalue weighted by Gasteiger charge is -2.29. The molecule has 0 spiro atoms. The molecule has 4 heteroatoms. The first-order valence-corrected chi connectivity index (χ1v) is 9.27. The van der Waals surface area contributed by atoms with E-state index in [0.717, 1.165) is 42.1 Å². The molecule has 0 saturated carbocycles. The molecule has 0 radical (unpaired) electrons. The second-order valence-corrected chi connectivity index (χ2v) is 7.05. The van der Waals surface area contributed by atoms with Crippen molar-refractivity contribution in [3.05, 3.63) is 88.6 Å². The molecule has 27 heavy (non-hydrogen) atoms. The fourth-order valence-electron chi connectivity index (χ4n) is 3.48. The van der Waals surface area contributed by atoms with Crippen molar-refractivity contribution in [1.82, 2.24) is 4.98 Å². The van der Waals surface area contributed by atoms with E-state index in [1.165, 1.54) is 11.1 Å². The number of rotatable bonds is 3. The first-order valence-electron chi connectivity index (χ1n) is 9.27. The van der Waals surface area contributed by atoms with Crippen LogP contribution in [-0.4, -0.2) is 17.4 Å². The number of aryl methyl sites for hydroxylation is 1. The number of fused-ring (bicyclic) bond motifs is 1. The van der Waals surface area contributed by atoms with Crippen LogP contribution in [0.5, 0.6) is 0 Å². The molecule has 3 aromatic rings. The minimum absolute atomic E-state index is 0.133. The van der Waals surface area contributed by atoms with Gasteiger partial charge in [-0.2, -0.15) is 0 Å². The summed E-state index contributed by atoms with van der Waals surface area (Å²) in [5.74, 6) is 0.777. The lowest BCUT2D eigenvalue weighted by Crippen LogP contribution is -2.31. The fraction of sp³-hybridized carbons (Fsp3) is 0.217. The third-order valence-corrected chi connectivity index (χ3v) is 5.32. The van der Waals surface area contributed by atoms with Crippen LogP contribution in [0.3, 0.4) is 0 Å². The van der Waals surface area contributed by atoms with Crippen molar-refractivity contribution in [3.8, 4) is 0 Å². The van der Waals surface area contributed by atoms with Crippen molar-refractivity contribution in [2.24, 2.45) is 0 Å². The Balaban J connectivity index is 1.48. The molecular weight excluding hydrogens is 334 g/mol. The number of pyridine rings is 1. The van der Waals surface area contributed by atoms with Crippen molar-refractivity contribution < 1.29 is 4.79 Å². The Bertz CT molecular complexity index is 979. The predicted molar refractivity (Wildman–Crippen MR) is 109 cm³/mol. The third-order valence-electron chi connectivity index (χ3n) is 5.32. The van der Waals surface area contributed by atoms with Crippen molar-refractivity contribution in [1.29, 1.82) is 0 Å². The highest BCUT2D eigenvalue weighted by atomic mass is 16.1. The SMILES string of the molecule is Cc1cccc(NC(=O)c2ccc(N3CCc4ccccc4C3)nc2)c1C. The zero-order chi connectivity index (χ0) is 18.8. The average Bonchev–Trinajstić information content (AvgIpc) is 2.71. The van der Waals surface area contributed by atoms with Crippen LogP contribution in [0.25, 0.3) is 0 Å². The molecule has 2 aromatic carbocycles. The molecule has 0 unspecified atom stereocenters. The molecule has 0 saturated heterocycles. The number of benzene rings is 2. The lowest BCUT2D eigenvalue weighted by atomic mass is 10.00. The highest BCUT2D eigenvalue weighted by molar-refractivity contribution is 6.04. The third kappa shape index (κ3) is 3.56.